The predicted octanol–water partition coefficient (Wildman–Crippen LogP) is 19.4. The zero-order chi connectivity index (χ0) is 70.5. The molecular weight excluding hydrogens is 2220 g/mol. The minimum absolute atomic E-state index is 0. The van der Waals surface area contributed by atoms with E-state index in [0.29, 0.717) is 11.8 Å². The van der Waals surface area contributed by atoms with Crippen LogP contribution in [0.15, 0.2) is 273 Å². The number of benzene rings is 10. The first-order chi connectivity index (χ1) is 50.0. The summed E-state index contributed by atoms with van der Waals surface area (Å²) in [4.78, 5) is 0. The standard InChI is InChI=1S/C20H20N3.C18H18N3.2C17H16N3.C15H12N3.5Ir/c1-4-10-16(11-5-1)19-21-22-20(17-12-6-2-7-13-17)23(19)18-14-8-3-9-15-18;1-18(2,3)17-20-19-16(14-10-6-4-7-11-14)21(17)15-12-8-5-9-13-15;1-13(2)16-18-19-17(14-9-5-3-6-10-14)20(16)15-11-7-4-8-12-15;1-2-9-16-18-19-17(14-10-5-3-6-11-14)20(16)15-12-7-4-8-13-15;1-12-16-17-15(13-8-4-2-5-9-13)18(12)14-10-6-3-7-11-14;;;;;/h1,3-5,8-10,14-15,17H,2,6-7,12-13H2;4-10,12-13H,1-3H3;3-9,11-13H,1-2H3;3-8,10,12-13H,2,9H2,1H3;2-8,10-11H,1H3;;;;;/q5*-1;;;;;. The van der Waals surface area contributed by atoms with E-state index in [-0.39, 0.29) is 106 Å². The van der Waals surface area contributed by atoms with Crippen molar-refractivity contribution in [2.75, 3.05) is 0 Å². The second kappa shape index (κ2) is 42.6. The van der Waals surface area contributed by atoms with Gasteiger partial charge in [-0.15, -0.1) is 205 Å². The Morgan fingerprint density at radius 3 is 1.06 bits per heavy atom. The molecule has 0 bridgehead atoms. The molecule has 5 radical (unpaired) electrons. The van der Waals surface area contributed by atoms with Gasteiger partial charge in [-0.05, 0) is 86.8 Å². The number of aromatic nitrogens is 15. The molecule has 1 aliphatic carbocycles. The zero-order valence-electron chi connectivity index (χ0n) is 60.5. The van der Waals surface area contributed by atoms with Crippen LogP contribution < -0.4 is 0 Å². The van der Waals surface area contributed by atoms with E-state index in [4.69, 9.17) is 0 Å². The smallest absolute Gasteiger partial charge is 0.133 e. The molecule has 1 aliphatic rings. The molecule has 1 fully saturated rings. The van der Waals surface area contributed by atoms with Crippen molar-refractivity contribution in [1.82, 2.24) is 73.8 Å². The van der Waals surface area contributed by atoms with Crippen LogP contribution in [0.25, 0.3) is 85.4 Å². The monoisotopic (exact) mass is 2300 g/mol. The van der Waals surface area contributed by atoms with Gasteiger partial charge >= 0.3 is 0 Å². The van der Waals surface area contributed by atoms with Crippen LogP contribution in [0.1, 0.15) is 121 Å². The van der Waals surface area contributed by atoms with E-state index < -0.39 is 0 Å². The second-order valence-electron chi connectivity index (χ2n) is 25.8. The Morgan fingerprint density at radius 2 is 0.664 bits per heavy atom. The maximum Gasteiger partial charge on any atom is 0.133 e. The van der Waals surface area contributed by atoms with Gasteiger partial charge in [0.2, 0.25) is 0 Å². The maximum absolute atomic E-state index is 4.59. The Morgan fingerprint density at radius 1 is 0.346 bits per heavy atom. The summed E-state index contributed by atoms with van der Waals surface area (Å²) in [6.07, 6.45) is 8.30. The average Bonchev–Trinajstić information content (AvgIpc) is 1.68. The summed E-state index contributed by atoms with van der Waals surface area (Å²) >= 11 is 0. The van der Waals surface area contributed by atoms with Gasteiger partial charge in [0, 0.05) is 153 Å². The number of nitrogens with zero attached hydrogens (tertiary/aromatic N) is 15. The minimum atomic E-state index is -0.0874. The molecule has 0 aliphatic heterocycles. The van der Waals surface area contributed by atoms with Gasteiger partial charge in [0.05, 0.1) is 29.1 Å². The van der Waals surface area contributed by atoms with Crippen molar-refractivity contribution in [3.63, 3.8) is 0 Å². The molecule has 0 amide bonds. The summed E-state index contributed by atoms with van der Waals surface area (Å²) in [5.41, 5.74) is 10.1. The normalized spacial score (nSPS) is 11.4. The summed E-state index contributed by atoms with van der Waals surface area (Å²) in [6, 6.07) is 107. The molecule has 0 N–H and O–H groups in total. The van der Waals surface area contributed by atoms with E-state index in [1.165, 1.54) is 32.1 Å². The van der Waals surface area contributed by atoms with Crippen LogP contribution in [0.5, 0.6) is 0 Å². The summed E-state index contributed by atoms with van der Waals surface area (Å²) in [5, 5.41) is 43.8. The third-order valence-corrected chi connectivity index (χ3v) is 17.0. The number of rotatable bonds is 14. The van der Waals surface area contributed by atoms with E-state index in [9.17, 15) is 0 Å². The Hall–Kier alpha value is -8.85. The molecule has 0 saturated heterocycles. The van der Waals surface area contributed by atoms with Crippen molar-refractivity contribution in [2.24, 2.45) is 0 Å². The van der Waals surface area contributed by atoms with E-state index in [1.807, 2.05) is 224 Å². The molecule has 1 saturated carbocycles. The van der Waals surface area contributed by atoms with Crippen LogP contribution in [0.2, 0.25) is 0 Å². The molecular formula is C87H82Ir5N15-5. The summed E-state index contributed by atoms with van der Waals surface area (Å²) < 4.78 is 10.6. The number of aryl methyl sites for hydroxylation is 2. The molecule has 107 heavy (non-hydrogen) atoms. The minimum Gasteiger partial charge on any atom is -0.320 e. The molecule has 0 spiro atoms. The van der Waals surface area contributed by atoms with Gasteiger partial charge in [0.1, 0.15) is 29.1 Å². The molecule has 5 aromatic heterocycles. The van der Waals surface area contributed by atoms with E-state index in [1.54, 1.807) is 0 Å². The van der Waals surface area contributed by atoms with Gasteiger partial charge in [-0.1, -0.05) is 152 Å². The molecule has 0 atom stereocenters. The maximum atomic E-state index is 4.59. The first-order valence-electron chi connectivity index (χ1n) is 34.9. The third kappa shape index (κ3) is 21.7. The number of para-hydroxylation sites is 5. The first-order valence-corrected chi connectivity index (χ1v) is 34.9. The fourth-order valence-corrected chi connectivity index (χ4v) is 12.2. The van der Waals surface area contributed by atoms with Crippen molar-refractivity contribution in [3.8, 4) is 85.4 Å². The summed E-state index contributed by atoms with van der Waals surface area (Å²) in [6.45, 7) is 14.8. The Labute approximate surface area is 696 Å². The van der Waals surface area contributed by atoms with Crippen molar-refractivity contribution in [2.45, 2.75) is 111 Å². The van der Waals surface area contributed by atoms with Crippen LogP contribution in [0.3, 0.4) is 0 Å². The Balaban J connectivity index is 0.000000185. The van der Waals surface area contributed by atoms with Crippen LogP contribution >= 0.6 is 0 Å². The van der Waals surface area contributed by atoms with Gasteiger partial charge in [-0.2, -0.15) is 25.5 Å². The SMILES string of the molecule is CC(C)(C)c1nnc(-c2[c-]cccc2)n1-c1ccccc1.CC(C)c1nnc(-c2[c-]cccc2)n1-c1ccccc1.CCCc1nnc(-c2[c-]cccc2)n1-c1ccccc1.Cc1nnc(-c2[c-]cccc2)n1-c1ccccc1.[Ir].[Ir].[Ir].[Ir].[Ir].[c-]1ccccc1-c1nnc(C2CCCCC2)n1-c1ccccc1. The quantitative estimate of drug-likeness (QED) is 0.0961. The van der Waals surface area contributed by atoms with Crippen molar-refractivity contribution < 1.29 is 101 Å². The largest absolute Gasteiger partial charge is 0.320 e. The number of hydrogen-bond acceptors (Lipinski definition) is 10. The molecule has 5 heterocycles. The molecule has 10 aromatic carbocycles. The average molecular weight is 2300 g/mol. The van der Waals surface area contributed by atoms with Crippen molar-refractivity contribution in [1.29, 1.82) is 0 Å². The Bertz CT molecular complexity index is 4980. The summed E-state index contributed by atoms with van der Waals surface area (Å²) in [5.74, 6) is 9.89. The van der Waals surface area contributed by atoms with Gasteiger partial charge in [-0.25, -0.2) is 0 Å². The van der Waals surface area contributed by atoms with E-state index >= 15 is 0 Å². The molecule has 16 rings (SSSR count). The van der Waals surface area contributed by atoms with Gasteiger partial charge in [0.25, 0.3) is 0 Å². The van der Waals surface area contributed by atoms with Gasteiger partial charge in [0.15, 0.2) is 0 Å². The van der Waals surface area contributed by atoms with Crippen LogP contribution in [0.4, 0.5) is 0 Å². The van der Waals surface area contributed by atoms with E-state index in [0.717, 1.165) is 127 Å². The van der Waals surface area contributed by atoms with E-state index in [2.05, 4.69) is 202 Å². The predicted molar refractivity (Wildman–Crippen MR) is 406 cm³/mol. The van der Waals surface area contributed by atoms with Crippen molar-refractivity contribution in [3.05, 3.63) is 332 Å². The summed E-state index contributed by atoms with van der Waals surface area (Å²) in [7, 11) is 0. The topological polar surface area (TPSA) is 154 Å². The fourth-order valence-electron chi connectivity index (χ4n) is 12.2. The van der Waals surface area contributed by atoms with Gasteiger partial charge < -0.3 is 22.8 Å². The first kappa shape index (κ1) is 85.4. The van der Waals surface area contributed by atoms with Crippen LogP contribution in [-0.2, 0) is 112 Å². The molecule has 20 heteroatoms. The zero-order valence-corrected chi connectivity index (χ0v) is 72.4. The molecule has 15 aromatic rings. The van der Waals surface area contributed by atoms with Crippen LogP contribution in [0, 0.1) is 37.3 Å². The van der Waals surface area contributed by atoms with Crippen LogP contribution in [-0.4, -0.2) is 73.8 Å². The molecule has 15 nitrogen and oxygen atoms in total. The third-order valence-electron chi connectivity index (χ3n) is 17.0. The number of hydrogen-bond donors (Lipinski definition) is 0. The molecule has 555 valence electrons. The fraction of sp³-hybridized carbons (Fsp3) is 0.195. The van der Waals surface area contributed by atoms with Gasteiger partial charge in [-0.3, -0.25) is 0 Å². The van der Waals surface area contributed by atoms with Crippen molar-refractivity contribution >= 4 is 0 Å². The molecule has 0 unspecified atom stereocenters. The Kier molecular flexibility index (Phi) is 34.0. The second-order valence-corrected chi connectivity index (χ2v) is 25.8.